The van der Waals surface area contributed by atoms with E-state index in [0.717, 1.165) is 15.7 Å². The van der Waals surface area contributed by atoms with Crippen LogP contribution in [-0.2, 0) is 17.9 Å². The van der Waals surface area contributed by atoms with Crippen LogP contribution in [0.4, 0.5) is 8.78 Å². The number of imidazole rings is 1. The summed E-state index contributed by atoms with van der Waals surface area (Å²) >= 11 is 0. The summed E-state index contributed by atoms with van der Waals surface area (Å²) in [5.74, 6) is 0.340. The number of hydrogen-bond donors (Lipinski definition) is 1. The molecule has 0 saturated carbocycles. The Labute approximate surface area is 145 Å². The average molecular weight is 345 g/mol. The number of ether oxygens (including phenoxy) is 1. The maximum absolute atomic E-state index is 13.5. The van der Waals surface area contributed by atoms with Gasteiger partial charge in [0.15, 0.2) is 0 Å². The molecule has 132 valence electrons. The van der Waals surface area contributed by atoms with Gasteiger partial charge in [-0.05, 0) is 30.2 Å². The first-order valence-corrected chi connectivity index (χ1v) is 8.15. The number of alkyl halides is 2. The highest BCUT2D eigenvalue weighted by molar-refractivity contribution is 5.76. The SMILES string of the molecule is COCc1ccc(CN[C@H](C)c2nc3ccccc3n2C(F)F)cc1. The summed E-state index contributed by atoms with van der Waals surface area (Å²) in [4.78, 5) is 4.39. The molecule has 25 heavy (non-hydrogen) atoms. The maximum Gasteiger partial charge on any atom is 0.320 e. The third kappa shape index (κ3) is 3.86. The van der Waals surface area contributed by atoms with Gasteiger partial charge in [-0.25, -0.2) is 4.98 Å². The molecule has 2 aromatic carbocycles. The number of hydrogen-bond acceptors (Lipinski definition) is 3. The Morgan fingerprint density at radius 1 is 1.08 bits per heavy atom. The van der Waals surface area contributed by atoms with Crippen molar-refractivity contribution < 1.29 is 13.5 Å². The van der Waals surface area contributed by atoms with Crippen molar-refractivity contribution in [1.82, 2.24) is 14.9 Å². The molecular formula is C19H21F2N3O. The number of aromatic nitrogens is 2. The Morgan fingerprint density at radius 3 is 2.44 bits per heavy atom. The molecule has 1 atom stereocenters. The van der Waals surface area contributed by atoms with E-state index in [2.05, 4.69) is 10.3 Å². The topological polar surface area (TPSA) is 39.1 Å². The van der Waals surface area contributed by atoms with E-state index in [4.69, 9.17) is 4.74 Å². The van der Waals surface area contributed by atoms with Crippen LogP contribution in [0.3, 0.4) is 0 Å². The summed E-state index contributed by atoms with van der Waals surface area (Å²) < 4.78 is 33.1. The fourth-order valence-electron chi connectivity index (χ4n) is 2.86. The van der Waals surface area contributed by atoms with E-state index < -0.39 is 6.55 Å². The van der Waals surface area contributed by atoms with Gasteiger partial charge in [0.1, 0.15) is 5.82 Å². The molecule has 0 aliphatic carbocycles. The molecule has 6 heteroatoms. The zero-order valence-corrected chi connectivity index (χ0v) is 14.2. The van der Waals surface area contributed by atoms with Gasteiger partial charge in [-0.1, -0.05) is 36.4 Å². The minimum absolute atomic E-state index is 0.306. The van der Waals surface area contributed by atoms with Gasteiger partial charge in [0, 0.05) is 13.7 Å². The lowest BCUT2D eigenvalue weighted by Gasteiger charge is -2.16. The molecule has 3 aromatic rings. The Kier molecular flexibility index (Phi) is 5.40. The maximum atomic E-state index is 13.5. The molecule has 1 heterocycles. The highest BCUT2D eigenvalue weighted by Gasteiger charge is 2.21. The van der Waals surface area contributed by atoms with Crippen molar-refractivity contribution in [3.8, 4) is 0 Å². The third-order valence-electron chi connectivity index (χ3n) is 4.15. The van der Waals surface area contributed by atoms with Crippen LogP contribution in [0.1, 0.15) is 36.5 Å². The lowest BCUT2D eigenvalue weighted by Crippen LogP contribution is -2.22. The van der Waals surface area contributed by atoms with E-state index >= 15 is 0 Å². The molecule has 0 aliphatic rings. The normalized spacial score (nSPS) is 12.8. The van der Waals surface area contributed by atoms with Crippen LogP contribution in [0.5, 0.6) is 0 Å². The molecule has 0 unspecified atom stereocenters. The van der Waals surface area contributed by atoms with Crippen molar-refractivity contribution in [2.75, 3.05) is 7.11 Å². The van der Waals surface area contributed by atoms with E-state index in [0.29, 0.717) is 30.0 Å². The van der Waals surface area contributed by atoms with Gasteiger partial charge in [-0.3, -0.25) is 4.57 Å². The average Bonchev–Trinajstić information content (AvgIpc) is 3.01. The second kappa shape index (κ2) is 7.72. The van der Waals surface area contributed by atoms with E-state index in [9.17, 15) is 8.78 Å². The highest BCUT2D eigenvalue weighted by atomic mass is 19.3. The monoisotopic (exact) mass is 345 g/mol. The molecule has 0 amide bonds. The van der Waals surface area contributed by atoms with Gasteiger partial charge in [-0.15, -0.1) is 0 Å². The first-order chi connectivity index (χ1) is 12.1. The lowest BCUT2D eigenvalue weighted by atomic mass is 10.1. The number of fused-ring (bicyclic) bond motifs is 1. The first-order valence-electron chi connectivity index (χ1n) is 8.15. The molecule has 3 rings (SSSR count). The Balaban J connectivity index is 1.76. The van der Waals surface area contributed by atoms with Gasteiger partial charge >= 0.3 is 6.55 Å². The summed E-state index contributed by atoms with van der Waals surface area (Å²) in [7, 11) is 1.66. The quantitative estimate of drug-likeness (QED) is 0.688. The summed E-state index contributed by atoms with van der Waals surface area (Å²) in [6, 6.07) is 14.7. The summed E-state index contributed by atoms with van der Waals surface area (Å²) in [6.07, 6.45) is 0. The molecular weight excluding hydrogens is 324 g/mol. The summed E-state index contributed by atoms with van der Waals surface area (Å²) in [6.45, 7) is 0.364. The zero-order chi connectivity index (χ0) is 17.8. The van der Waals surface area contributed by atoms with E-state index in [1.165, 1.54) is 0 Å². The van der Waals surface area contributed by atoms with Gasteiger partial charge < -0.3 is 10.1 Å². The first kappa shape index (κ1) is 17.5. The minimum atomic E-state index is -2.63. The number of methoxy groups -OCH3 is 1. The number of para-hydroxylation sites is 2. The van der Waals surface area contributed by atoms with Gasteiger partial charge in [-0.2, -0.15) is 8.78 Å². The standard InChI is InChI=1S/C19H21F2N3O/c1-13(22-11-14-7-9-15(10-8-14)12-25-2)18-23-16-5-3-4-6-17(16)24(18)19(20)21/h3-10,13,19,22H,11-12H2,1-2H3/t13-/m1/s1. The second-order valence-corrected chi connectivity index (χ2v) is 5.96. The molecule has 0 bridgehead atoms. The smallest absolute Gasteiger partial charge is 0.320 e. The number of nitrogens with one attached hydrogen (secondary N) is 1. The van der Waals surface area contributed by atoms with E-state index in [-0.39, 0.29) is 6.04 Å². The minimum Gasteiger partial charge on any atom is -0.380 e. The van der Waals surface area contributed by atoms with Crippen LogP contribution in [0.25, 0.3) is 11.0 Å². The number of rotatable bonds is 7. The zero-order valence-electron chi connectivity index (χ0n) is 14.2. The molecule has 0 radical (unpaired) electrons. The van der Waals surface area contributed by atoms with Crippen LogP contribution in [-0.4, -0.2) is 16.7 Å². The van der Waals surface area contributed by atoms with Crippen molar-refractivity contribution in [2.24, 2.45) is 0 Å². The molecule has 0 spiro atoms. The van der Waals surface area contributed by atoms with Crippen molar-refractivity contribution in [3.05, 3.63) is 65.5 Å². The van der Waals surface area contributed by atoms with E-state index in [1.54, 1.807) is 31.4 Å². The van der Waals surface area contributed by atoms with Crippen LogP contribution >= 0.6 is 0 Å². The fraction of sp³-hybridized carbons (Fsp3) is 0.316. The molecule has 1 aromatic heterocycles. The molecule has 1 N–H and O–H groups in total. The van der Waals surface area contributed by atoms with Crippen molar-refractivity contribution in [3.63, 3.8) is 0 Å². The van der Waals surface area contributed by atoms with Gasteiger partial charge in [0.2, 0.25) is 0 Å². The summed E-state index contributed by atoms with van der Waals surface area (Å²) in [5, 5.41) is 3.27. The largest absolute Gasteiger partial charge is 0.380 e. The van der Waals surface area contributed by atoms with Crippen molar-refractivity contribution in [1.29, 1.82) is 0 Å². The third-order valence-corrected chi connectivity index (χ3v) is 4.15. The van der Waals surface area contributed by atoms with Crippen LogP contribution in [0.15, 0.2) is 48.5 Å². The highest BCUT2D eigenvalue weighted by Crippen LogP contribution is 2.26. The number of nitrogens with zero attached hydrogens (tertiary/aromatic N) is 2. The van der Waals surface area contributed by atoms with Crippen LogP contribution in [0, 0.1) is 0 Å². The molecule has 0 aliphatic heterocycles. The van der Waals surface area contributed by atoms with Crippen LogP contribution in [0.2, 0.25) is 0 Å². The number of benzene rings is 2. The Hall–Kier alpha value is -2.31. The predicted molar refractivity (Wildman–Crippen MR) is 93.4 cm³/mol. The molecule has 4 nitrogen and oxygen atoms in total. The molecule has 0 saturated heterocycles. The second-order valence-electron chi connectivity index (χ2n) is 5.96. The fourth-order valence-corrected chi connectivity index (χ4v) is 2.86. The Morgan fingerprint density at radius 2 is 1.76 bits per heavy atom. The van der Waals surface area contributed by atoms with E-state index in [1.807, 2.05) is 31.2 Å². The van der Waals surface area contributed by atoms with Gasteiger partial charge in [0.05, 0.1) is 23.7 Å². The molecule has 0 fully saturated rings. The Bertz CT molecular complexity index is 830. The van der Waals surface area contributed by atoms with Gasteiger partial charge in [0.25, 0.3) is 0 Å². The lowest BCUT2D eigenvalue weighted by molar-refractivity contribution is 0.0698. The predicted octanol–water partition coefficient (Wildman–Crippen LogP) is 4.43. The van der Waals surface area contributed by atoms with Crippen molar-refractivity contribution >= 4 is 11.0 Å². The van der Waals surface area contributed by atoms with Crippen molar-refractivity contribution in [2.45, 2.75) is 32.7 Å². The summed E-state index contributed by atoms with van der Waals surface area (Å²) in [5.41, 5.74) is 3.20. The number of halogens is 2. The van der Waals surface area contributed by atoms with Crippen LogP contribution < -0.4 is 5.32 Å².